The van der Waals surface area contributed by atoms with Crippen LogP contribution in [0.3, 0.4) is 0 Å². The lowest BCUT2D eigenvalue weighted by molar-refractivity contribution is 0.613. The Kier molecular flexibility index (Phi) is 3.81. The molecule has 1 aliphatic heterocycles. The molecule has 2 aromatic heterocycles. The number of anilines is 2. The van der Waals surface area contributed by atoms with Crippen molar-refractivity contribution in [2.45, 2.75) is 13.0 Å². The van der Waals surface area contributed by atoms with Gasteiger partial charge in [-0.3, -0.25) is 4.68 Å². The Hall–Kier alpha value is -3.40. The summed E-state index contributed by atoms with van der Waals surface area (Å²) in [7, 11) is 1.86. The van der Waals surface area contributed by atoms with Crippen LogP contribution < -0.4 is 10.6 Å². The van der Waals surface area contributed by atoms with Crippen molar-refractivity contribution in [1.29, 1.82) is 0 Å². The molecule has 0 saturated heterocycles. The molecular formula is C19H17FN6. The molecule has 1 aromatic carbocycles. The maximum Gasteiger partial charge on any atom is 0.196 e. The molecule has 0 bridgehead atoms. The van der Waals surface area contributed by atoms with Crippen LogP contribution in [0.4, 0.5) is 21.6 Å². The number of halogens is 1. The molecule has 0 amide bonds. The molecule has 0 unspecified atom stereocenters. The van der Waals surface area contributed by atoms with Crippen LogP contribution in [0.1, 0.15) is 11.3 Å². The lowest BCUT2D eigenvalue weighted by Crippen LogP contribution is -2.31. The zero-order valence-corrected chi connectivity index (χ0v) is 14.3. The summed E-state index contributed by atoms with van der Waals surface area (Å²) in [6.07, 6.45) is 2.48. The van der Waals surface area contributed by atoms with E-state index >= 15 is 0 Å². The fourth-order valence-corrected chi connectivity index (χ4v) is 3.40. The summed E-state index contributed by atoms with van der Waals surface area (Å²) in [4.78, 5) is 10.00. The highest BCUT2D eigenvalue weighted by Crippen LogP contribution is 2.38. The normalized spacial score (nSPS) is 13.3. The largest absolute Gasteiger partial charge is 0.381 e. The lowest BCUT2D eigenvalue weighted by Gasteiger charge is -2.30. The van der Waals surface area contributed by atoms with E-state index in [9.17, 15) is 4.39 Å². The summed E-state index contributed by atoms with van der Waals surface area (Å²) in [5.41, 5.74) is 10.5. The van der Waals surface area contributed by atoms with E-state index < -0.39 is 5.82 Å². The number of aryl methyl sites for hydroxylation is 1. The highest BCUT2D eigenvalue weighted by Gasteiger charge is 2.24. The molecular weight excluding hydrogens is 331 g/mol. The van der Waals surface area contributed by atoms with Gasteiger partial charge in [0.05, 0.1) is 36.4 Å². The molecule has 4 rings (SSSR count). The average Bonchev–Trinajstić information content (AvgIpc) is 3.03. The fourth-order valence-electron chi connectivity index (χ4n) is 3.40. The Balaban J connectivity index is 1.77. The Morgan fingerprint density at radius 3 is 2.92 bits per heavy atom. The molecule has 26 heavy (non-hydrogen) atoms. The summed E-state index contributed by atoms with van der Waals surface area (Å²) in [6.45, 7) is 8.68. The summed E-state index contributed by atoms with van der Waals surface area (Å²) in [5.74, 6) is -0.541. The van der Waals surface area contributed by atoms with Crippen molar-refractivity contribution in [3.63, 3.8) is 0 Å². The number of para-hydroxylation sites is 1. The first-order valence-electron chi connectivity index (χ1n) is 8.26. The molecule has 7 heteroatoms. The van der Waals surface area contributed by atoms with Crippen molar-refractivity contribution >= 4 is 17.2 Å². The number of nitrogens with two attached hydrogens (primary N) is 1. The second-order valence-corrected chi connectivity index (χ2v) is 6.26. The SMILES string of the molecule is [C-]#[N+]c1ccccc1-c1c(N2CCc3cc(F)c(N)nc3C2)cnn1C. The minimum atomic E-state index is -0.467. The molecule has 1 aliphatic rings. The van der Waals surface area contributed by atoms with Gasteiger partial charge in [-0.05, 0) is 18.1 Å². The first-order valence-corrected chi connectivity index (χ1v) is 8.26. The summed E-state index contributed by atoms with van der Waals surface area (Å²) in [6, 6.07) is 8.98. The maximum absolute atomic E-state index is 13.7. The number of hydrogen-bond acceptors (Lipinski definition) is 4. The Morgan fingerprint density at radius 2 is 2.12 bits per heavy atom. The molecule has 0 atom stereocenters. The van der Waals surface area contributed by atoms with Crippen molar-refractivity contribution in [3.05, 3.63) is 65.0 Å². The van der Waals surface area contributed by atoms with Crippen molar-refractivity contribution in [1.82, 2.24) is 14.8 Å². The Morgan fingerprint density at radius 1 is 1.31 bits per heavy atom. The number of aromatic nitrogens is 3. The van der Waals surface area contributed by atoms with E-state index in [1.165, 1.54) is 6.07 Å². The van der Waals surface area contributed by atoms with E-state index in [4.69, 9.17) is 12.3 Å². The molecule has 0 aliphatic carbocycles. The van der Waals surface area contributed by atoms with E-state index in [1.807, 2.05) is 25.2 Å². The molecule has 2 N–H and O–H groups in total. The van der Waals surface area contributed by atoms with Crippen LogP contribution in [0, 0.1) is 12.4 Å². The smallest absolute Gasteiger partial charge is 0.196 e. The standard InChI is InChI=1S/C19H17FN6/c1-22-15-6-4-3-5-13(15)18-17(10-23-25(18)2)26-8-7-12-9-14(20)19(21)24-16(12)11-26/h3-6,9-10H,7-8,11H2,2H3,(H2,21,24). The predicted molar refractivity (Wildman–Crippen MR) is 98.3 cm³/mol. The third-order valence-corrected chi connectivity index (χ3v) is 4.70. The fraction of sp³-hybridized carbons (Fsp3) is 0.211. The summed E-state index contributed by atoms with van der Waals surface area (Å²) in [5, 5.41) is 4.40. The summed E-state index contributed by atoms with van der Waals surface area (Å²) >= 11 is 0. The Bertz CT molecular complexity index is 1030. The van der Waals surface area contributed by atoms with Crippen LogP contribution in [0.25, 0.3) is 16.1 Å². The minimum absolute atomic E-state index is 0.0737. The predicted octanol–water partition coefficient (Wildman–Crippen LogP) is 3.32. The zero-order chi connectivity index (χ0) is 18.3. The number of pyridine rings is 1. The van der Waals surface area contributed by atoms with Gasteiger partial charge in [0.25, 0.3) is 0 Å². The van der Waals surface area contributed by atoms with Crippen LogP contribution in [0.15, 0.2) is 36.5 Å². The number of fused-ring (bicyclic) bond motifs is 1. The topological polar surface area (TPSA) is 64.3 Å². The molecule has 6 nitrogen and oxygen atoms in total. The third-order valence-electron chi connectivity index (χ3n) is 4.70. The number of rotatable bonds is 2. The van der Waals surface area contributed by atoms with Gasteiger partial charge in [0.2, 0.25) is 0 Å². The van der Waals surface area contributed by atoms with Crippen molar-refractivity contribution in [2.24, 2.45) is 7.05 Å². The van der Waals surface area contributed by atoms with Gasteiger partial charge in [0, 0.05) is 19.2 Å². The number of nitrogens with zero attached hydrogens (tertiary/aromatic N) is 5. The van der Waals surface area contributed by atoms with E-state index in [-0.39, 0.29) is 5.82 Å². The molecule has 0 saturated carbocycles. The molecule has 0 spiro atoms. The van der Waals surface area contributed by atoms with Crippen molar-refractivity contribution in [3.8, 4) is 11.3 Å². The van der Waals surface area contributed by atoms with Gasteiger partial charge in [0.15, 0.2) is 17.3 Å². The van der Waals surface area contributed by atoms with Gasteiger partial charge >= 0.3 is 0 Å². The number of benzene rings is 1. The molecule has 130 valence electrons. The molecule has 3 aromatic rings. The Labute approximate surface area is 150 Å². The first-order chi connectivity index (χ1) is 12.6. The molecule has 0 fully saturated rings. The van der Waals surface area contributed by atoms with Crippen LogP contribution in [0.2, 0.25) is 0 Å². The van der Waals surface area contributed by atoms with E-state index in [2.05, 4.69) is 19.8 Å². The van der Waals surface area contributed by atoms with Crippen molar-refractivity contribution < 1.29 is 4.39 Å². The average molecular weight is 348 g/mol. The number of hydrogen-bond donors (Lipinski definition) is 1. The van der Waals surface area contributed by atoms with Crippen LogP contribution in [-0.4, -0.2) is 21.3 Å². The van der Waals surface area contributed by atoms with E-state index in [0.717, 1.165) is 34.7 Å². The van der Waals surface area contributed by atoms with Crippen LogP contribution >= 0.6 is 0 Å². The van der Waals surface area contributed by atoms with Crippen LogP contribution in [-0.2, 0) is 20.0 Å². The quantitative estimate of drug-likeness (QED) is 0.722. The molecule has 3 heterocycles. The third kappa shape index (κ3) is 2.56. The zero-order valence-electron chi connectivity index (χ0n) is 14.3. The van der Waals surface area contributed by atoms with E-state index in [0.29, 0.717) is 18.7 Å². The van der Waals surface area contributed by atoms with Crippen LogP contribution in [0.5, 0.6) is 0 Å². The number of nitrogen functional groups attached to an aromatic ring is 1. The minimum Gasteiger partial charge on any atom is -0.381 e. The maximum atomic E-state index is 13.7. The van der Waals surface area contributed by atoms with Gasteiger partial charge in [-0.1, -0.05) is 24.3 Å². The highest BCUT2D eigenvalue weighted by molar-refractivity contribution is 5.84. The second kappa shape index (κ2) is 6.15. The lowest BCUT2D eigenvalue weighted by atomic mass is 10.0. The van der Waals surface area contributed by atoms with Gasteiger partial charge < -0.3 is 10.6 Å². The monoisotopic (exact) mass is 348 g/mol. The molecule has 0 radical (unpaired) electrons. The van der Waals surface area contributed by atoms with E-state index in [1.54, 1.807) is 16.9 Å². The van der Waals surface area contributed by atoms with Gasteiger partial charge in [-0.2, -0.15) is 5.10 Å². The van der Waals surface area contributed by atoms with Gasteiger partial charge in [-0.25, -0.2) is 14.2 Å². The summed E-state index contributed by atoms with van der Waals surface area (Å²) < 4.78 is 15.4. The highest BCUT2D eigenvalue weighted by atomic mass is 19.1. The van der Waals surface area contributed by atoms with Crippen molar-refractivity contribution in [2.75, 3.05) is 17.2 Å². The second-order valence-electron chi connectivity index (χ2n) is 6.26. The van der Waals surface area contributed by atoms with Gasteiger partial charge in [-0.15, -0.1) is 0 Å². The van der Waals surface area contributed by atoms with Gasteiger partial charge in [0.1, 0.15) is 0 Å². The first kappa shape index (κ1) is 16.1.